The summed E-state index contributed by atoms with van der Waals surface area (Å²) in [7, 11) is 0. The van der Waals surface area contributed by atoms with Gasteiger partial charge in [-0.05, 0) is 50.1 Å². The van der Waals surface area contributed by atoms with Gasteiger partial charge in [-0.25, -0.2) is 23.6 Å². The third-order valence-corrected chi connectivity index (χ3v) is 6.57. The van der Waals surface area contributed by atoms with Crippen LogP contribution < -0.4 is 4.90 Å². The van der Waals surface area contributed by atoms with Crippen LogP contribution in [-0.4, -0.2) is 69.6 Å². The lowest BCUT2D eigenvalue weighted by Gasteiger charge is -2.36. The average Bonchev–Trinajstić information content (AvgIpc) is 3.17. The number of aromatic nitrogens is 3. The number of pyridine rings is 1. The molecule has 1 amide bonds. The van der Waals surface area contributed by atoms with Crippen LogP contribution in [0.5, 0.6) is 0 Å². The van der Waals surface area contributed by atoms with E-state index in [-0.39, 0.29) is 23.5 Å². The van der Waals surface area contributed by atoms with Gasteiger partial charge in [-0.3, -0.25) is 0 Å². The number of benzene rings is 1. The number of aromatic carboxylic acids is 1. The second-order valence-electron chi connectivity index (χ2n) is 8.60. The third kappa shape index (κ3) is 3.93. The first-order chi connectivity index (χ1) is 16.5. The van der Waals surface area contributed by atoms with Crippen LogP contribution in [0.1, 0.15) is 48.3 Å². The molecular formula is C24H26FN5O4. The molecule has 2 aromatic heterocycles. The Bertz CT molecular complexity index is 1230. The van der Waals surface area contributed by atoms with Crippen molar-refractivity contribution in [3.05, 3.63) is 47.5 Å². The normalized spacial score (nSPS) is 16.5. The smallest absolute Gasteiger partial charge is 0.409 e. The highest BCUT2D eigenvalue weighted by molar-refractivity contribution is 5.98. The summed E-state index contributed by atoms with van der Waals surface area (Å²) >= 11 is 0. The molecule has 3 heterocycles. The van der Waals surface area contributed by atoms with Gasteiger partial charge >= 0.3 is 12.1 Å². The predicted octanol–water partition coefficient (Wildman–Crippen LogP) is 3.80. The van der Waals surface area contributed by atoms with Gasteiger partial charge in [0, 0.05) is 32.1 Å². The number of ether oxygens (including phenoxy) is 1. The lowest BCUT2D eigenvalue weighted by molar-refractivity contribution is 0.0690. The fraction of sp³-hybridized carbons (Fsp3) is 0.417. The molecule has 5 rings (SSSR count). The first-order valence-electron chi connectivity index (χ1n) is 11.6. The van der Waals surface area contributed by atoms with Gasteiger partial charge in [0.25, 0.3) is 0 Å². The summed E-state index contributed by atoms with van der Waals surface area (Å²) in [6.45, 7) is 4.09. The molecule has 1 saturated heterocycles. The van der Waals surface area contributed by atoms with Gasteiger partial charge in [-0.1, -0.05) is 6.42 Å². The molecule has 3 aromatic rings. The van der Waals surface area contributed by atoms with Gasteiger partial charge in [-0.2, -0.15) is 5.10 Å². The summed E-state index contributed by atoms with van der Waals surface area (Å²) in [5.74, 6) is -1.23. The Morgan fingerprint density at radius 1 is 1.15 bits per heavy atom. The zero-order chi connectivity index (χ0) is 23.8. The molecule has 0 bridgehead atoms. The van der Waals surface area contributed by atoms with E-state index in [1.165, 1.54) is 12.1 Å². The van der Waals surface area contributed by atoms with Crippen molar-refractivity contribution in [2.45, 2.75) is 32.1 Å². The topological polar surface area (TPSA) is 101 Å². The fourth-order valence-corrected chi connectivity index (χ4v) is 4.56. The number of rotatable bonds is 5. The number of nitrogens with zero attached hydrogens (tertiary/aromatic N) is 5. The van der Waals surface area contributed by atoms with Crippen molar-refractivity contribution in [1.82, 2.24) is 19.7 Å². The number of carbonyl (C=O) groups is 2. The van der Waals surface area contributed by atoms with Gasteiger partial charge in [0.1, 0.15) is 5.82 Å². The Morgan fingerprint density at radius 3 is 2.44 bits per heavy atom. The number of carbonyl (C=O) groups excluding carboxylic acids is 1. The molecule has 0 spiro atoms. The highest BCUT2D eigenvalue weighted by Crippen LogP contribution is 2.42. The lowest BCUT2D eigenvalue weighted by Crippen LogP contribution is -2.49. The first-order valence-corrected chi connectivity index (χ1v) is 11.6. The SMILES string of the molecule is CCOC(=O)N1CCN(c2cc(C(=O)O)nc3c2c(C2CCC2)nn3-c2ccc(F)cc2)CC1. The Morgan fingerprint density at radius 2 is 1.85 bits per heavy atom. The lowest BCUT2D eigenvalue weighted by atomic mass is 9.82. The van der Waals surface area contributed by atoms with Crippen LogP contribution in [-0.2, 0) is 4.74 Å². The Labute approximate surface area is 195 Å². The number of carboxylic acids is 1. The second-order valence-corrected chi connectivity index (χ2v) is 8.60. The Kier molecular flexibility index (Phi) is 5.80. The standard InChI is InChI=1S/C24H26FN5O4/c1-2-34-24(33)29-12-10-28(11-13-29)19-14-18(23(31)32)26-22-20(19)21(15-4-3-5-15)27-30(22)17-8-6-16(25)7-9-17/h6-9,14-15H,2-5,10-13H2,1H3,(H,31,32). The van der Waals surface area contributed by atoms with Gasteiger partial charge in [0.15, 0.2) is 11.3 Å². The molecule has 2 fully saturated rings. The molecule has 0 atom stereocenters. The van der Waals surface area contributed by atoms with Crippen molar-refractivity contribution in [2.24, 2.45) is 0 Å². The molecule has 1 N–H and O–H groups in total. The number of amides is 1. The van der Waals surface area contributed by atoms with E-state index in [1.807, 2.05) is 0 Å². The molecular weight excluding hydrogens is 441 g/mol. The van der Waals surface area contributed by atoms with E-state index in [0.717, 1.165) is 36.0 Å². The molecule has 2 aliphatic rings. The largest absolute Gasteiger partial charge is 0.477 e. The van der Waals surface area contributed by atoms with E-state index in [0.29, 0.717) is 44.1 Å². The minimum Gasteiger partial charge on any atom is -0.477 e. The van der Waals surface area contributed by atoms with Gasteiger partial charge in [0.05, 0.1) is 29.1 Å². The maximum absolute atomic E-state index is 13.6. The van der Waals surface area contributed by atoms with Crippen molar-refractivity contribution in [2.75, 3.05) is 37.7 Å². The maximum atomic E-state index is 13.6. The van der Waals surface area contributed by atoms with Crippen LogP contribution in [0.3, 0.4) is 0 Å². The quantitative estimate of drug-likeness (QED) is 0.609. The highest BCUT2D eigenvalue weighted by Gasteiger charge is 2.31. The minimum atomic E-state index is -1.13. The van der Waals surface area contributed by atoms with E-state index >= 15 is 0 Å². The second kappa shape index (κ2) is 8.92. The maximum Gasteiger partial charge on any atom is 0.409 e. The van der Waals surface area contributed by atoms with Crippen molar-refractivity contribution < 1.29 is 23.8 Å². The number of piperazine rings is 1. The predicted molar refractivity (Wildman–Crippen MR) is 123 cm³/mol. The third-order valence-electron chi connectivity index (χ3n) is 6.57. The van der Waals surface area contributed by atoms with Crippen LogP contribution in [0.4, 0.5) is 14.9 Å². The van der Waals surface area contributed by atoms with E-state index in [4.69, 9.17) is 9.84 Å². The molecule has 178 valence electrons. The summed E-state index contributed by atoms with van der Waals surface area (Å²) in [5.41, 5.74) is 2.61. The summed E-state index contributed by atoms with van der Waals surface area (Å²) < 4.78 is 20.3. The molecule has 1 aliphatic heterocycles. The van der Waals surface area contributed by atoms with E-state index in [2.05, 4.69) is 9.88 Å². The van der Waals surface area contributed by atoms with Gasteiger partial charge < -0.3 is 19.6 Å². The molecule has 9 nitrogen and oxygen atoms in total. The van der Waals surface area contributed by atoms with Crippen LogP contribution in [0.15, 0.2) is 30.3 Å². The molecule has 1 aliphatic carbocycles. The fourth-order valence-electron chi connectivity index (χ4n) is 4.56. The number of hydrogen-bond donors (Lipinski definition) is 1. The van der Waals surface area contributed by atoms with Crippen molar-refractivity contribution in [3.63, 3.8) is 0 Å². The van der Waals surface area contributed by atoms with Crippen LogP contribution in [0, 0.1) is 5.82 Å². The van der Waals surface area contributed by atoms with Gasteiger partial charge in [-0.15, -0.1) is 0 Å². The van der Waals surface area contributed by atoms with E-state index < -0.39 is 5.97 Å². The van der Waals surface area contributed by atoms with E-state index in [1.54, 1.807) is 34.7 Å². The van der Waals surface area contributed by atoms with Crippen molar-refractivity contribution >= 4 is 28.8 Å². The average molecular weight is 468 g/mol. The zero-order valence-corrected chi connectivity index (χ0v) is 18.9. The number of carboxylic acid groups (broad SMARTS) is 1. The minimum absolute atomic E-state index is 0.0845. The van der Waals surface area contributed by atoms with E-state index in [9.17, 15) is 19.1 Å². The molecule has 1 aromatic carbocycles. The Hall–Kier alpha value is -3.69. The number of fused-ring (bicyclic) bond motifs is 1. The van der Waals surface area contributed by atoms with Crippen molar-refractivity contribution in [1.29, 1.82) is 0 Å². The van der Waals surface area contributed by atoms with Crippen molar-refractivity contribution in [3.8, 4) is 5.69 Å². The number of anilines is 1. The number of hydrogen-bond acceptors (Lipinski definition) is 6. The summed E-state index contributed by atoms with van der Waals surface area (Å²) in [4.78, 5) is 32.3. The zero-order valence-electron chi connectivity index (χ0n) is 18.9. The monoisotopic (exact) mass is 467 g/mol. The molecule has 0 radical (unpaired) electrons. The van der Waals surface area contributed by atoms with Crippen LogP contribution in [0.25, 0.3) is 16.7 Å². The van der Waals surface area contributed by atoms with Crippen LogP contribution >= 0.6 is 0 Å². The summed E-state index contributed by atoms with van der Waals surface area (Å²) in [6.07, 6.45) is 2.79. The van der Waals surface area contributed by atoms with Crippen LogP contribution in [0.2, 0.25) is 0 Å². The Balaban J connectivity index is 1.62. The summed E-state index contributed by atoms with van der Waals surface area (Å²) in [6, 6.07) is 7.52. The molecule has 1 saturated carbocycles. The first kappa shape index (κ1) is 22.1. The molecule has 0 unspecified atom stereocenters. The molecule has 34 heavy (non-hydrogen) atoms. The van der Waals surface area contributed by atoms with Gasteiger partial charge in [0.2, 0.25) is 0 Å². The highest BCUT2D eigenvalue weighted by atomic mass is 19.1. The molecule has 10 heteroatoms. The number of halogens is 1. The summed E-state index contributed by atoms with van der Waals surface area (Å²) in [5, 5.41) is 15.5.